The van der Waals surface area contributed by atoms with E-state index in [0.717, 1.165) is 138 Å². The third-order valence-corrected chi connectivity index (χ3v) is 22.3. The minimum Gasteiger partial charge on any atom is -0.463 e. The van der Waals surface area contributed by atoms with Crippen LogP contribution in [0.4, 0.5) is 4.79 Å². The monoisotopic (exact) mass is 2110 g/mol. The molecule has 35 atom stereocenters. The van der Waals surface area contributed by atoms with Crippen LogP contribution in [-0.4, -0.2) is 430 Å². The molecule has 59 nitrogen and oxygen atoms in total. The van der Waals surface area contributed by atoms with Crippen LogP contribution in [0, 0.1) is 0 Å². The molecule has 0 aliphatic carbocycles. The Kier molecular flexibility index (Phi) is 43.8. The summed E-state index contributed by atoms with van der Waals surface area (Å²) >= 11 is 0. The van der Waals surface area contributed by atoms with Gasteiger partial charge in [-0.15, -0.1) is 0 Å². The van der Waals surface area contributed by atoms with Crippen LogP contribution in [0.1, 0.15) is 138 Å². The van der Waals surface area contributed by atoms with Gasteiger partial charge in [-0.3, -0.25) is 101 Å². The third-order valence-electron chi connectivity index (χ3n) is 22.3. The number of hydrogen-bond acceptors (Lipinski definition) is 57. The third kappa shape index (κ3) is 34.3. The first kappa shape index (κ1) is 119. The molecule has 22 fully saturated rings. The molecule has 0 radical (unpaired) electrons. The Morgan fingerprint density at radius 2 is 0.340 bits per heavy atom. The highest BCUT2D eigenvalue weighted by molar-refractivity contribution is 5.75. The summed E-state index contributed by atoms with van der Waals surface area (Å²) in [6.07, 6.45) is -81.5. The van der Waals surface area contributed by atoms with Gasteiger partial charge in [-0.25, -0.2) is 9.80 Å². The second-order valence-electron chi connectivity index (χ2n) is 34.5. The van der Waals surface area contributed by atoms with Crippen molar-refractivity contribution in [3.63, 3.8) is 0 Å². The normalized spacial score (nSPS) is 34.4. The van der Waals surface area contributed by atoms with Gasteiger partial charge in [0, 0.05) is 171 Å². The highest BCUT2D eigenvalue weighted by Crippen LogP contribution is 2.45. The maximum absolute atomic E-state index is 14.5. The predicted molar refractivity (Wildman–Crippen MR) is 458 cm³/mol. The van der Waals surface area contributed by atoms with Crippen molar-refractivity contribution in [2.24, 2.45) is 0 Å². The lowest BCUT2D eigenvalue weighted by atomic mass is 9.94. The summed E-state index contributed by atoms with van der Waals surface area (Å²) in [5.41, 5.74) is 2.68. The zero-order chi connectivity index (χ0) is 109. The summed E-state index contributed by atoms with van der Waals surface area (Å²) < 4.78 is 211. The molecule has 2 amide bonds. The molecule has 22 saturated heterocycles. The Morgan fingerprint density at radius 1 is 0.197 bits per heavy atom. The van der Waals surface area contributed by atoms with Crippen LogP contribution in [0.5, 0.6) is 0 Å². The van der Waals surface area contributed by atoms with Crippen LogP contribution in [0.25, 0.3) is 0 Å². The average Bonchev–Trinajstić information content (AvgIpc) is 0.832. The first-order valence-electron chi connectivity index (χ1n) is 46.0. The zero-order valence-corrected chi connectivity index (χ0v) is 83.8. The van der Waals surface area contributed by atoms with E-state index in [-0.39, 0.29) is 13.1 Å². The Balaban J connectivity index is 1.39. The number of nitrogens with one attached hydrogen (secondary N) is 2. The number of carbonyl (C=O) groups is 21. The molecule has 22 heterocycles. The smallest absolute Gasteiger partial charge is 0.329 e. The molecule has 0 saturated carbocycles. The number of piperazine rings is 1. The summed E-state index contributed by atoms with van der Waals surface area (Å²) in [7, 11) is 1.81. The summed E-state index contributed by atoms with van der Waals surface area (Å²) in [4.78, 5) is 293. The van der Waals surface area contributed by atoms with Gasteiger partial charge in [0.2, 0.25) is 0 Å². The van der Waals surface area contributed by atoms with Gasteiger partial charge >= 0.3 is 125 Å². The molecule has 0 spiro atoms. The quantitative estimate of drug-likeness (QED) is 0.0528. The predicted octanol–water partition coefficient (Wildman–Crippen LogP) is -4.35. The van der Waals surface area contributed by atoms with Gasteiger partial charge in [0.1, 0.15) is 125 Å². The number of hydrazine groups is 1. The number of urea groups is 1. The van der Waals surface area contributed by atoms with Gasteiger partial charge in [-0.2, -0.15) is 0 Å². The van der Waals surface area contributed by atoms with E-state index in [1.807, 2.05) is 11.9 Å². The molecule has 147 heavy (non-hydrogen) atoms. The molecule has 0 aromatic carbocycles. The van der Waals surface area contributed by atoms with Crippen molar-refractivity contribution in [2.75, 3.05) is 79.4 Å². The number of esters is 20. The molecule has 2 N–H and O–H groups in total. The fourth-order valence-corrected chi connectivity index (χ4v) is 17.1. The van der Waals surface area contributed by atoms with Crippen LogP contribution < -0.4 is 10.7 Å². The number of nitrogens with zero attached hydrogens (tertiary/aromatic N) is 2. The van der Waals surface area contributed by atoms with Crippen molar-refractivity contribution in [1.29, 1.82) is 0 Å². The van der Waals surface area contributed by atoms with Gasteiger partial charge < -0.3 is 171 Å². The molecular formula is C88H122N4O55. The number of amides is 2. The fraction of sp³-hybridized carbons (Fsp3) is 0.761. The van der Waals surface area contributed by atoms with Crippen LogP contribution in [0.3, 0.4) is 0 Å². The molecular weight excluding hydrogens is 1990 g/mol. The fourth-order valence-electron chi connectivity index (χ4n) is 17.1. The van der Waals surface area contributed by atoms with Crippen molar-refractivity contribution >= 4 is 125 Å². The van der Waals surface area contributed by atoms with E-state index < -0.39 is 387 Å². The van der Waals surface area contributed by atoms with Crippen LogP contribution in [0.15, 0.2) is 0 Å². The van der Waals surface area contributed by atoms with Crippen molar-refractivity contribution in [3.8, 4) is 0 Å². The number of likely N-dealkylation sites (N-methyl/N-ethyl adjacent to an activating group) is 1. The average molecular weight is 2120 g/mol. The Hall–Kier alpha value is -12.0. The summed E-state index contributed by atoms with van der Waals surface area (Å²) in [6.45, 7) is 10.2. The van der Waals surface area contributed by atoms with Crippen LogP contribution >= 0.6 is 0 Å². The Labute approximate surface area is 837 Å². The lowest BCUT2D eigenvalue weighted by Crippen LogP contribution is -2.70. The van der Waals surface area contributed by atoms with Crippen molar-refractivity contribution in [3.05, 3.63) is 0 Å². The van der Waals surface area contributed by atoms with Crippen LogP contribution in [0.2, 0.25) is 0 Å². The second-order valence-corrected chi connectivity index (χ2v) is 34.5. The van der Waals surface area contributed by atoms with E-state index in [4.69, 9.17) is 161 Å². The van der Waals surface area contributed by atoms with Crippen molar-refractivity contribution in [1.82, 2.24) is 20.7 Å². The summed E-state index contributed by atoms with van der Waals surface area (Å²) in [5, 5.41) is 4.11. The SMILES string of the molecule is CC(=O)OCC1OC2OC3C(COC(C)=O)OC(OC4C(COC(C)=O)OC(OC5C(COC(C)=O)OC(OC6C(COC(C)=O)OC(OC7C(COC(C)=O)OC(OC8C(CNC(=O)NN9CCN(C)CC9)OC(OC1C(OC(C)=O)C2OC(C)=O)C(OC(C)=O)C8OC(C)=O)C(OC(C)=O)C7OC(C)=O)C(OC(C)=O)C6OC(C)=O)C(OC(C)=O)C5OC(C)=O)C(OC(C)=O)C4OC(C)=O)C(OC(C)=O)C3OC(C)=O. The molecule has 22 aliphatic rings. The van der Waals surface area contributed by atoms with Crippen LogP contribution in [-0.2, 0) is 257 Å². The standard InChI is InChI=1S/C88H122N4O55/c1-33(93)114-27-54-61-68(121-40(8)100)76(129-48(16)108)83(136-54)144-63-56(29-116-35(3)95)138-85(78(131-50(18)110)70(63)123-42(10)102)146-65-58(31-118-37(5)97)140-87(80(133-52(20)112)72(65)125-44(12)104)147-66-59(32-119-38(6)98)139-86(79(132-51(19)111)73(66)126-45(13)105)145-64-57(30-117-36(4)96)137-84(77(130-49(17)109)71(64)124-43(11)103)143-62-55(28-115-34(2)94)135-82(75(128-47(15)107)69(62)122-41(9)101)141-60-53(26-89-88(113)90-92-24-22-91(21)23-25-92)134-81(142-61)74(127-46(14)106)67(60)120-39(7)99/h53-87H,22-32H2,1-21H3,(H2,89,90,113). The maximum Gasteiger partial charge on any atom is 0.329 e. The zero-order valence-electron chi connectivity index (χ0n) is 83.8. The van der Waals surface area contributed by atoms with Gasteiger partial charge in [0.25, 0.3) is 0 Å². The molecule has 14 bridgehead atoms. The topological polar surface area (TPSA) is 703 Å². The van der Waals surface area contributed by atoms with Gasteiger partial charge in [0.05, 0.1) is 0 Å². The largest absolute Gasteiger partial charge is 0.463 e. The molecule has 0 aromatic heterocycles. The van der Waals surface area contributed by atoms with E-state index >= 15 is 0 Å². The van der Waals surface area contributed by atoms with E-state index in [0.29, 0.717) is 13.1 Å². The molecule has 0 aromatic rings. The number of ether oxygens (including phenoxy) is 34. The summed E-state index contributed by atoms with van der Waals surface area (Å²) in [5.74, 6) is -25.0. The maximum atomic E-state index is 14.5. The van der Waals surface area contributed by atoms with E-state index in [1.165, 1.54) is 5.01 Å². The Morgan fingerprint density at radius 3 is 0.490 bits per heavy atom. The van der Waals surface area contributed by atoms with Crippen molar-refractivity contribution < 1.29 is 262 Å². The molecule has 22 rings (SSSR count). The first-order chi connectivity index (χ1) is 69.1. The minimum atomic E-state index is -2.47. The molecule has 35 unspecified atom stereocenters. The molecule has 59 heteroatoms. The van der Waals surface area contributed by atoms with Crippen molar-refractivity contribution in [2.45, 2.75) is 353 Å². The number of carbonyl (C=O) groups excluding carboxylic acids is 21. The van der Waals surface area contributed by atoms with E-state index in [1.54, 1.807) is 0 Å². The second kappa shape index (κ2) is 54.3. The van der Waals surface area contributed by atoms with Gasteiger partial charge in [0.15, 0.2) is 129 Å². The number of hydrogen-bond donors (Lipinski definition) is 2. The van der Waals surface area contributed by atoms with E-state index in [2.05, 4.69) is 10.7 Å². The highest BCUT2D eigenvalue weighted by Gasteiger charge is 2.67. The number of rotatable bonds is 29. The van der Waals surface area contributed by atoms with E-state index in [9.17, 15) is 101 Å². The van der Waals surface area contributed by atoms with Gasteiger partial charge in [-0.1, -0.05) is 0 Å². The highest BCUT2D eigenvalue weighted by atomic mass is 16.8. The lowest BCUT2D eigenvalue weighted by Gasteiger charge is -2.52. The molecule has 824 valence electrons. The first-order valence-corrected chi connectivity index (χ1v) is 46.0. The minimum absolute atomic E-state index is 0.230. The lowest BCUT2D eigenvalue weighted by molar-refractivity contribution is -0.396. The van der Waals surface area contributed by atoms with Gasteiger partial charge in [-0.05, 0) is 7.05 Å². The summed E-state index contributed by atoms with van der Waals surface area (Å²) in [6, 6.07) is -1.01. The Bertz CT molecular complexity index is 4390. The molecule has 22 aliphatic heterocycles.